The molecule has 9 nitrogen and oxygen atoms in total. The Labute approximate surface area is 223 Å². The summed E-state index contributed by atoms with van der Waals surface area (Å²) in [6, 6.07) is 10.1. The van der Waals surface area contributed by atoms with Crippen molar-refractivity contribution < 1.29 is 33.4 Å². The van der Waals surface area contributed by atoms with Gasteiger partial charge in [0.25, 0.3) is 0 Å². The lowest BCUT2D eigenvalue weighted by Crippen LogP contribution is -2.26. The van der Waals surface area contributed by atoms with Crippen LogP contribution >= 0.6 is 0 Å². The number of benzene rings is 2. The standard InChI is InChI=1S/C17H16N2O3.C12H22O4/c18-11-7-8-12-10(9-11)3-1-4-13-14(16(19)20)5-2-6-15(13)22-17(12)21;1-11(2,3)15-9(13)7-8-10(14)16-12(4,5)6/h2,5-9H,1,3-4,18H2,(H2,19,20);7-8H2,1-6H3. The third kappa shape index (κ3) is 9.88. The number of hydrogen-bond donors (Lipinski definition) is 2. The molecule has 9 heteroatoms. The molecule has 0 radical (unpaired) electrons. The molecule has 4 N–H and O–H groups in total. The summed E-state index contributed by atoms with van der Waals surface area (Å²) in [5.41, 5.74) is 13.2. The summed E-state index contributed by atoms with van der Waals surface area (Å²) in [6.07, 6.45) is 2.18. The fraction of sp³-hybridized carbons (Fsp3) is 0.448. The molecule has 0 bridgehead atoms. The number of nitrogens with two attached hydrogens (primary N) is 2. The van der Waals surface area contributed by atoms with Crippen LogP contribution in [0.2, 0.25) is 0 Å². The molecule has 0 atom stereocenters. The van der Waals surface area contributed by atoms with Crippen molar-refractivity contribution in [1.29, 1.82) is 0 Å². The number of fused-ring (bicyclic) bond motifs is 2. The molecule has 0 aromatic heterocycles. The smallest absolute Gasteiger partial charge is 0.343 e. The van der Waals surface area contributed by atoms with Gasteiger partial charge in [0.2, 0.25) is 5.91 Å². The summed E-state index contributed by atoms with van der Waals surface area (Å²) in [4.78, 5) is 46.6. The molecule has 0 aliphatic carbocycles. The van der Waals surface area contributed by atoms with E-state index < -0.39 is 23.1 Å². The zero-order valence-corrected chi connectivity index (χ0v) is 23.0. The first-order valence-electron chi connectivity index (χ1n) is 12.5. The SMILES string of the molecule is CC(C)(C)OC(=O)CCC(=O)OC(C)(C)C.NC(=O)c1cccc2c1CCCc1cc(N)ccc1C(=O)O2. The molecular weight excluding hydrogens is 488 g/mol. The summed E-state index contributed by atoms with van der Waals surface area (Å²) in [7, 11) is 0. The molecule has 1 aliphatic heterocycles. The van der Waals surface area contributed by atoms with Crippen LogP contribution in [0.15, 0.2) is 36.4 Å². The van der Waals surface area contributed by atoms with Crippen molar-refractivity contribution in [2.24, 2.45) is 5.73 Å². The summed E-state index contributed by atoms with van der Waals surface area (Å²) in [5.74, 6) is -1.32. The number of nitrogen functional groups attached to an aromatic ring is 1. The highest BCUT2D eigenvalue weighted by molar-refractivity contribution is 5.97. The van der Waals surface area contributed by atoms with Crippen LogP contribution in [0.25, 0.3) is 0 Å². The van der Waals surface area contributed by atoms with Crippen molar-refractivity contribution in [1.82, 2.24) is 0 Å². The van der Waals surface area contributed by atoms with Gasteiger partial charge in [-0.1, -0.05) is 6.07 Å². The lowest BCUT2D eigenvalue weighted by atomic mass is 9.97. The molecule has 3 rings (SSSR count). The van der Waals surface area contributed by atoms with E-state index in [1.165, 1.54) is 0 Å². The predicted octanol–water partition coefficient (Wildman–Crippen LogP) is 4.53. The van der Waals surface area contributed by atoms with E-state index in [9.17, 15) is 19.2 Å². The molecule has 1 heterocycles. The quantitative estimate of drug-likeness (QED) is 0.335. The van der Waals surface area contributed by atoms with Crippen LogP contribution in [0.1, 0.15) is 92.6 Å². The lowest BCUT2D eigenvalue weighted by Gasteiger charge is -2.21. The van der Waals surface area contributed by atoms with Crippen molar-refractivity contribution >= 4 is 29.5 Å². The Morgan fingerprint density at radius 1 is 0.895 bits per heavy atom. The normalized spacial score (nSPS) is 13.2. The van der Waals surface area contributed by atoms with Crippen molar-refractivity contribution in [3.63, 3.8) is 0 Å². The fourth-order valence-electron chi connectivity index (χ4n) is 3.77. The van der Waals surface area contributed by atoms with Gasteiger partial charge >= 0.3 is 17.9 Å². The van der Waals surface area contributed by atoms with Gasteiger partial charge in [-0.25, -0.2) is 4.79 Å². The number of anilines is 1. The third-order valence-electron chi connectivity index (χ3n) is 5.20. The van der Waals surface area contributed by atoms with Crippen LogP contribution in [-0.4, -0.2) is 35.0 Å². The number of carbonyl (C=O) groups is 4. The Morgan fingerprint density at radius 2 is 1.47 bits per heavy atom. The molecule has 1 aliphatic rings. The van der Waals surface area contributed by atoms with E-state index in [-0.39, 0.29) is 24.8 Å². The summed E-state index contributed by atoms with van der Waals surface area (Å²) in [5, 5.41) is 0. The fourth-order valence-corrected chi connectivity index (χ4v) is 3.77. The molecule has 0 saturated carbocycles. The van der Waals surface area contributed by atoms with Crippen LogP contribution in [-0.2, 0) is 31.9 Å². The van der Waals surface area contributed by atoms with Gasteiger partial charge in [0.05, 0.1) is 18.4 Å². The van der Waals surface area contributed by atoms with Gasteiger partial charge < -0.3 is 25.7 Å². The number of ether oxygens (including phenoxy) is 3. The van der Waals surface area contributed by atoms with E-state index in [0.717, 1.165) is 12.0 Å². The van der Waals surface area contributed by atoms with Crippen LogP contribution in [0.4, 0.5) is 5.69 Å². The van der Waals surface area contributed by atoms with Gasteiger partial charge in [-0.05, 0) is 96.7 Å². The maximum atomic E-state index is 12.4. The van der Waals surface area contributed by atoms with Gasteiger partial charge in [0.1, 0.15) is 17.0 Å². The molecule has 1 amide bonds. The van der Waals surface area contributed by atoms with Crippen molar-refractivity contribution in [2.75, 3.05) is 5.73 Å². The van der Waals surface area contributed by atoms with E-state index in [2.05, 4.69) is 0 Å². The Kier molecular flexibility index (Phi) is 10.0. The minimum Gasteiger partial charge on any atom is -0.460 e. The van der Waals surface area contributed by atoms with Crippen molar-refractivity contribution in [3.05, 3.63) is 58.7 Å². The Morgan fingerprint density at radius 3 is 2.00 bits per heavy atom. The molecule has 0 saturated heterocycles. The maximum absolute atomic E-state index is 12.4. The first-order chi connectivity index (χ1) is 17.6. The van der Waals surface area contributed by atoms with E-state index >= 15 is 0 Å². The second-order valence-corrected chi connectivity index (χ2v) is 11.0. The monoisotopic (exact) mass is 526 g/mol. The van der Waals surface area contributed by atoms with Gasteiger partial charge in [-0.15, -0.1) is 0 Å². The van der Waals surface area contributed by atoms with Gasteiger partial charge in [-0.3, -0.25) is 14.4 Å². The molecule has 206 valence electrons. The van der Waals surface area contributed by atoms with E-state index in [1.807, 2.05) is 0 Å². The average Bonchev–Trinajstić information content (AvgIpc) is 2.82. The number of primary amides is 1. The number of amides is 1. The maximum Gasteiger partial charge on any atom is 0.343 e. The summed E-state index contributed by atoms with van der Waals surface area (Å²) in [6.45, 7) is 10.7. The first-order valence-corrected chi connectivity index (χ1v) is 12.5. The molecule has 38 heavy (non-hydrogen) atoms. The van der Waals surface area contributed by atoms with Crippen molar-refractivity contribution in [2.45, 2.75) is 84.8 Å². The van der Waals surface area contributed by atoms with Crippen molar-refractivity contribution in [3.8, 4) is 5.75 Å². The lowest BCUT2D eigenvalue weighted by molar-refractivity contribution is -0.162. The van der Waals surface area contributed by atoms with E-state index in [4.69, 9.17) is 25.7 Å². The molecule has 2 aromatic rings. The highest BCUT2D eigenvalue weighted by atomic mass is 16.6. The minimum absolute atomic E-state index is 0.0617. The largest absolute Gasteiger partial charge is 0.460 e. The van der Waals surface area contributed by atoms with Crippen LogP contribution in [0.5, 0.6) is 5.75 Å². The number of esters is 3. The number of hydrogen-bond acceptors (Lipinski definition) is 8. The average molecular weight is 527 g/mol. The first kappa shape index (κ1) is 30.3. The van der Waals surface area contributed by atoms with Gasteiger partial charge in [0.15, 0.2) is 0 Å². The third-order valence-corrected chi connectivity index (χ3v) is 5.20. The van der Waals surface area contributed by atoms with E-state index in [0.29, 0.717) is 41.0 Å². The molecule has 0 fully saturated rings. The Bertz CT molecular complexity index is 1160. The molecule has 0 unspecified atom stereocenters. The van der Waals surface area contributed by atoms with Gasteiger partial charge in [-0.2, -0.15) is 0 Å². The number of rotatable bonds is 4. The Balaban J connectivity index is 0.000000284. The molecular formula is C29H38N2O7. The number of aryl methyl sites for hydroxylation is 1. The predicted molar refractivity (Wildman–Crippen MR) is 144 cm³/mol. The highest BCUT2D eigenvalue weighted by Crippen LogP contribution is 2.28. The zero-order chi connectivity index (χ0) is 28.7. The second-order valence-electron chi connectivity index (χ2n) is 11.0. The summed E-state index contributed by atoms with van der Waals surface area (Å²) >= 11 is 0. The molecule has 0 spiro atoms. The highest BCUT2D eigenvalue weighted by Gasteiger charge is 2.22. The van der Waals surface area contributed by atoms with E-state index in [1.54, 1.807) is 77.9 Å². The Hall–Kier alpha value is -3.88. The molecule has 2 aromatic carbocycles. The van der Waals surface area contributed by atoms with Gasteiger partial charge in [0, 0.05) is 16.8 Å². The second kappa shape index (κ2) is 12.6. The zero-order valence-electron chi connectivity index (χ0n) is 23.0. The number of carbonyl (C=O) groups excluding carboxylic acids is 4. The minimum atomic E-state index is -0.520. The van der Waals surface area contributed by atoms with Crippen LogP contribution < -0.4 is 16.2 Å². The topological polar surface area (TPSA) is 148 Å². The summed E-state index contributed by atoms with van der Waals surface area (Å²) < 4.78 is 15.6. The van der Waals surface area contributed by atoms with Crippen LogP contribution in [0, 0.1) is 0 Å². The van der Waals surface area contributed by atoms with Crippen LogP contribution in [0.3, 0.4) is 0 Å².